The third-order valence-electron chi connectivity index (χ3n) is 6.28. The van der Waals surface area contributed by atoms with Gasteiger partial charge in [0.1, 0.15) is 17.0 Å². The minimum atomic E-state index is -0.0183. The van der Waals surface area contributed by atoms with Gasteiger partial charge in [0.05, 0.1) is 11.1 Å². The Balaban J connectivity index is 1.43. The summed E-state index contributed by atoms with van der Waals surface area (Å²) in [6.45, 7) is 5.45. The van der Waals surface area contributed by atoms with E-state index in [4.69, 9.17) is 20.9 Å². The molecule has 0 bridgehead atoms. The molecular formula is C22H28ClN3O3. The number of benzene rings is 1. The van der Waals surface area contributed by atoms with Crippen LogP contribution >= 0.6 is 11.6 Å². The molecule has 2 aromatic rings. The molecule has 2 aliphatic heterocycles. The molecule has 0 saturated carbocycles. The van der Waals surface area contributed by atoms with Crippen LogP contribution in [-0.2, 0) is 4.74 Å². The van der Waals surface area contributed by atoms with Crippen molar-refractivity contribution in [2.45, 2.75) is 44.8 Å². The number of ether oxygens (including phenoxy) is 1. The number of rotatable bonds is 4. The van der Waals surface area contributed by atoms with Crippen LogP contribution in [0.5, 0.6) is 0 Å². The molecule has 156 valence electrons. The molecule has 0 aliphatic carbocycles. The summed E-state index contributed by atoms with van der Waals surface area (Å²) < 4.78 is 10.9. The van der Waals surface area contributed by atoms with Gasteiger partial charge in [-0.2, -0.15) is 0 Å². The molecule has 1 amide bonds. The van der Waals surface area contributed by atoms with Gasteiger partial charge in [-0.1, -0.05) is 35.0 Å². The number of hydrogen-bond acceptors (Lipinski definition) is 5. The Kier molecular flexibility index (Phi) is 6.23. The number of aryl methyl sites for hydroxylation is 1. The molecule has 2 fully saturated rings. The minimum Gasteiger partial charge on any atom is -0.381 e. The SMILES string of the molecule is COC1CCN(C2CCN(C(=O)c3c(-c4ccccc4Cl)noc3C)CC2)CC1. The number of amides is 1. The zero-order valence-electron chi connectivity index (χ0n) is 17.1. The quantitative estimate of drug-likeness (QED) is 0.752. The van der Waals surface area contributed by atoms with Crippen LogP contribution in [0.2, 0.25) is 5.02 Å². The van der Waals surface area contributed by atoms with Gasteiger partial charge in [0.15, 0.2) is 0 Å². The number of piperidine rings is 2. The number of aromatic nitrogens is 1. The summed E-state index contributed by atoms with van der Waals surface area (Å²) in [6, 6.07) is 7.96. The van der Waals surface area contributed by atoms with Gasteiger partial charge in [0.25, 0.3) is 5.91 Å². The van der Waals surface area contributed by atoms with E-state index in [0.29, 0.717) is 34.2 Å². The fourth-order valence-corrected chi connectivity index (χ4v) is 4.76. The van der Waals surface area contributed by atoms with E-state index in [1.165, 1.54) is 0 Å². The molecule has 2 aliphatic rings. The first-order valence-electron chi connectivity index (χ1n) is 10.4. The second-order valence-corrected chi connectivity index (χ2v) is 8.34. The van der Waals surface area contributed by atoms with E-state index in [1.807, 2.05) is 23.1 Å². The Morgan fingerprint density at radius 1 is 1.14 bits per heavy atom. The third kappa shape index (κ3) is 4.20. The third-order valence-corrected chi connectivity index (χ3v) is 6.61. The molecule has 0 spiro atoms. The monoisotopic (exact) mass is 417 g/mol. The fraction of sp³-hybridized carbons (Fsp3) is 0.545. The van der Waals surface area contributed by atoms with Crippen LogP contribution in [0.15, 0.2) is 28.8 Å². The highest BCUT2D eigenvalue weighted by atomic mass is 35.5. The Labute approximate surface area is 176 Å². The van der Waals surface area contributed by atoms with Gasteiger partial charge in [0.2, 0.25) is 0 Å². The van der Waals surface area contributed by atoms with Crippen LogP contribution < -0.4 is 0 Å². The molecule has 0 N–H and O–H groups in total. The van der Waals surface area contributed by atoms with Crippen LogP contribution in [0.3, 0.4) is 0 Å². The van der Waals surface area contributed by atoms with Crippen molar-refractivity contribution in [3.63, 3.8) is 0 Å². The maximum atomic E-state index is 13.3. The first-order chi connectivity index (χ1) is 14.1. The molecule has 3 heterocycles. The van der Waals surface area contributed by atoms with Crippen molar-refractivity contribution >= 4 is 17.5 Å². The van der Waals surface area contributed by atoms with Crippen molar-refractivity contribution in [2.24, 2.45) is 0 Å². The van der Waals surface area contributed by atoms with E-state index in [0.717, 1.165) is 57.4 Å². The predicted molar refractivity (Wildman–Crippen MR) is 112 cm³/mol. The number of carbonyl (C=O) groups is 1. The Bertz CT molecular complexity index is 853. The average molecular weight is 418 g/mol. The lowest BCUT2D eigenvalue weighted by Gasteiger charge is -2.41. The van der Waals surface area contributed by atoms with Gasteiger partial charge in [-0.25, -0.2) is 0 Å². The van der Waals surface area contributed by atoms with Gasteiger partial charge in [-0.05, 0) is 38.7 Å². The molecule has 0 unspecified atom stereocenters. The lowest BCUT2D eigenvalue weighted by atomic mass is 9.97. The molecule has 7 heteroatoms. The Morgan fingerprint density at radius 3 is 2.48 bits per heavy atom. The zero-order chi connectivity index (χ0) is 20.4. The lowest BCUT2D eigenvalue weighted by molar-refractivity contribution is 0.0145. The molecule has 1 aromatic heterocycles. The van der Waals surface area contributed by atoms with Crippen molar-refractivity contribution in [3.05, 3.63) is 40.6 Å². The van der Waals surface area contributed by atoms with Gasteiger partial charge in [0, 0.05) is 44.9 Å². The molecule has 6 nitrogen and oxygen atoms in total. The minimum absolute atomic E-state index is 0.0183. The molecule has 1 aromatic carbocycles. The van der Waals surface area contributed by atoms with E-state index < -0.39 is 0 Å². The standard InChI is InChI=1S/C22H28ClN3O3/c1-15-20(21(24-29-15)18-5-3-4-6-19(18)23)22(27)26-11-7-16(8-12-26)25-13-9-17(28-2)10-14-25/h3-6,16-17H,7-14H2,1-2H3. The van der Waals surface area contributed by atoms with Crippen LogP contribution in [0, 0.1) is 6.92 Å². The van der Waals surface area contributed by atoms with Crippen molar-refractivity contribution in [3.8, 4) is 11.3 Å². The zero-order valence-corrected chi connectivity index (χ0v) is 17.8. The highest BCUT2D eigenvalue weighted by Crippen LogP contribution is 2.32. The van der Waals surface area contributed by atoms with Crippen molar-refractivity contribution in [1.82, 2.24) is 15.0 Å². The summed E-state index contributed by atoms with van der Waals surface area (Å²) in [5, 5.41) is 4.70. The van der Waals surface area contributed by atoms with Gasteiger partial charge in [-0.3, -0.25) is 4.79 Å². The lowest BCUT2D eigenvalue weighted by Crippen LogP contribution is -2.49. The van der Waals surface area contributed by atoms with Gasteiger partial charge < -0.3 is 19.1 Å². The summed E-state index contributed by atoms with van der Waals surface area (Å²) in [7, 11) is 1.80. The molecule has 2 saturated heterocycles. The second-order valence-electron chi connectivity index (χ2n) is 7.94. The van der Waals surface area contributed by atoms with Gasteiger partial charge in [-0.15, -0.1) is 0 Å². The number of nitrogens with zero attached hydrogens (tertiary/aromatic N) is 3. The molecule has 0 atom stereocenters. The summed E-state index contributed by atoms with van der Waals surface area (Å²) in [5.74, 6) is 0.517. The van der Waals surface area contributed by atoms with Crippen LogP contribution in [0.25, 0.3) is 11.3 Å². The topological polar surface area (TPSA) is 58.8 Å². The first kappa shape index (κ1) is 20.4. The summed E-state index contributed by atoms with van der Waals surface area (Å²) in [5.41, 5.74) is 1.78. The van der Waals surface area contributed by atoms with E-state index in [2.05, 4.69) is 10.1 Å². The second kappa shape index (κ2) is 8.86. The van der Waals surface area contributed by atoms with Crippen LogP contribution in [0.1, 0.15) is 41.8 Å². The highest BCUT2D eigenvalue weighted by molar-refractivity contribution is 6.33. The Hall–Kier alpha value is -1.89. The number of methoxy groups -OCH3 is 1. The van der Waals surface area contributed by atoms with Crippen molar-refractivity contribution in [1.29, 1.82) is 0 Å². The maximum absolute atomic E-state index is 13.3. The number of halogens is 1. The molecule has 0 radical (unpaired) electrons. The van der Waals surface area contributed by atoms with E-state index in [-0.39, 0.29) is 5.91 Å². The van der Waals surface area contributed by atoms with E-state index in [9.17, 15) is 4.79 Å². The van der Waals surface area contributed by atoms with Crippen molar-refractivity contribution < 1.29 is 14.1 Å². The maximum Gasteiger partial charge on any atom is 0.259 e. The summed E-state index contributed by atoms with van der Waals surface area (Å²) in [4.78, 5) is 17.8. The normalized spacial score (nSPS) is 19.6. The largest absolute Gasteiger partial charge is 0.381 e. The predicted octanol–water partition coefficient (Wildman–Crippen LogP) is 4.02. The Morgan fingerprint density at radius 2 is 1.83 bits per heavy atom. The van der Waals surface area contributed by atoms with Gasteiger partial charge >= 0.3 is 0 Å². The number of likely N-dealkylation sites (tertiary alicyclic amines) is 2. The summed E-state index contributed by atoms with van der Waals surface area (Å²) >= 11 is 6.34. The summed E-state index contributed by atoms with van der Waals surface area (Å²) in [6.07, 6.45) is 4.57. The first-order valence-corrected chi connectivity index (χ1v) is 10.7. The van der Waals surface area contributed by atoms with E-state index in [1.54, 1.807) is 20.1 Å². The van der Waals surface area contributed by atoms with Crippen LogP contribution in [-0.4, -0.2) is 66.3 Å². The molecule has 4 rings (SSSR count). The van der Waals surface area contributed by atoms with E-state index >= 15 is 0 Å². The fourth-order valence-electron chi connectivity index (χ4n) is 4.53. The highest BCUT2D eigenvalue weighted by Gasteiger charge is 2.32. The van der Waals surface area contributed by atoms with Crippen molar-refractivity contribution in [2.75, 3.05) is 33.3 Å². The average Bonchev–Trinajstić information content (AvgIpc) is 3.15. The molecule has 29 heavy (non-hydrogen) atoms. The number of hydrogen-bond donors (Lipinski definition) is 0. The number of carbonyl (C=O) groups excluding carboxylic acids is 1. The smallest absolute Gasteiger partial charge is 0.259 e. The van der Waals surface area contributed by atoms with Crippen LogP contribution in [0.4, 0.5) is 0 Å². The molecular weight excluding hydrogens is 390 g/mol.